The Bertz CT molecular complexity index is 849. The van der Waals surface area contributed by atoms with Crippen LogP contribution in [0.15, 0.2) is 55.0 Å². The Morgan fingerprint density at radius 3 is 2.62 bits per heavy atom. The van der Waals surface area contributed by atoms with Gasteiger partial charge in [-0.25, -0.2) is 14.8 Å². The number of carboxylic acid groups (broad SMARTS) is 1. The standard InChI is InChI=1S/C18H16N4O2/c1-12-4-6-14(7-5-12)16-15(17(23)24)11-21-18(22-16)20-10-13-3-2-8-19-9-13/h2-9,11H,10H2,1H3,(H,23,24)(H,20,21,22). The third-order valence-corrected chi connectivity index (χ3v) is 3.52. The molecule has 0 aliphatic heterocycles. The minimum atomic E-state index is -1.05. The van der Waals surface area contributed by atoms with E-state index in [0.29, 0.717) is 18.2 Å². The quantitative estimate of drug-likeness (QED) is 0.751. The number of nitrogens with one attached hydrogen (secondary N) is 1. The van der Waals surface area contributed by atoms with Crippen molar-refractivity contribution in [3.8, 4) is 11.3 Å². The Morgan fingerprint density at radius 2 is 1.96 bits per heavy atom. The normalized spacial score (nSPS) is 10.4. The number of nitrogens with zero attached hydrogens (tertiary/aromatic N) is 3. The summed E-state index contributed by atoms with van der Waals surface area (Å²) in [6.45, 7) is 2.48. The van der Waals surface area contributed by atoms with E-state index in [1.807, 2.05) is 43.3 Å². The summed E-state index contributed by atoms with van der Waals surface area (Å²) >= 11 is 0. The van der Waals surface area contributed by atoms with E-state index in [2.05, 4.69) is 20.3 Å². The first kappa shape index (κ1) is 15.6. The molecule has 3 aromatic rings. The number of aromatic nitrogens is 3. The SMILES string of the molecule is Cc1ccc(-c2nc(NCc3cccnc3)ncc2C(=O)O)cc1. The number of carbonyl (C=O) groups is 1. The summed E-state index contributed by atoms with van der Waals surface area (Å²) in [6.07, 6.45) is 4.78. The van der Waals surface area contributed by atoms with Crippen molar-refractivity contribution in [3.05, 3.63) is 71.7 Å². The molecule has 2 aromatic heterocycles. The van der Waals surface area contributed by atoms with Crippen molar-refractivity contribution in [3.63, 3.8) is 0 Å². The molecule has 0 saturated carbocycles. The summed E-state index contributed by atoms with van der Waals surface area (Å²) in [6, 6.07) is 11.3. The van der Waals surface area contributed by atoms with Gasteiger partial charge in [0, 0.05) is 30.7 Å². The van der Waals surface area contributed by atoms with E-state index in [0.717, 1.165) is 16.7 Å². The Balaban J connectivity index is 1.91. The van der Waals surface area contributed by atoms with E-state index in [1.54, 1.807) is 12.4 Å². The zero-order chi connectivity index (χ0) is 16.9. The van der Waals surface area contributed by atoms with Crippen LogP contribution in [-0.2, 0) is 6.54 Å². The van der Waals surface area contributed by atoms with Gasteiger partial charge in [-0.15, -0.1) is 0 Å². The van der Waals surface area contributed by atoms with Crippen LogP contribution >= 0.6 is 0 Å². The molecule has 2 heterocycles. The predicted molar refractivity (Wildman–Crippen MR) is 90.7 cm³/mol. The Kier molecular flexibility index (Phi) is 4.47. The minimum absolute atomic E-state index is 0.0748. The molecule has 0 amide bonds. The first-order chi connectivity index (χ1) is 11.6. The van der Waals surface area contributed by atoms with Gasteiger partial charge in [0.15, 0.2) is 0 Å². The molecule has 0 unspecified atom stereocenters. The molecule has 1 aromatic carbocycles. The molecule has 6 nitrogen and oxygen atoms in total. The van der Waals surface area contributed by atoms with Gasteiger partial charge in [-0.1, -0.05) is 35.9 Å². The molecule has 0 bridgehead atoms. The fourth-order valence-electron chi connectivity index (χ4n) is 2.24. The maximum Gasteiger partial charge on any atom is 0.339 e. The molecule has 0 aliphatic carbocycles. The highest BCUT2D eigenvalue weighted by Gasteiger charge is 2.15. The van der Waals surface area contributed by atoms with Gasteiger partial charge in [0.2, 0.25) is 5.95 Å². The fraction of sp³-hybridized carbons (Fsp3) is 0.111. The van der Waals surface area contributed by atoms with Crippen LogP contribution < -0.4 is 5.32 Å². The summed E-state index contributed by atoms with van der Waals surface area (Å²) in [4.78, 5) is 24.0. The second-order valence-corrected chi connectivity index (χ2v) is 5.34. The highest BCUT2D eigenvalue weighted by molar-refractivity contribution is 5.94. The average Bonchev–Trinajstić information content (AvgIpc) is 2.61. The van der Waals surface area contributed by atoms with Crippen LogP contribution in [0, 0.1) is 6.92 Å². The maximum absolute atomic E-state index is 11.4. The van der Waals surface area contributed by atoms with Crippen molar-refractivity contribution in [2.45, 2.75) is 13.5 Å². The van der Waals surface area contributed by atoms with Crippen LogP contribution in [0.2, 0.25) is 0 Å². The van der Waals surface area contributed by atoms with Crippen molar-refractivity contribution in [1.29, 1.82) is 0 Å². The lowest BCUT2D eigenvalue weighted by molar-refractivity contribution is 0.0697. The molecular weight excluding hydrogens is 304 g/mol. The molecule has 0 fully saturated rings. The molecule has 120 valence electrons. The number of anilines is 1. The third kappa shape index (κ3) is 3.55. The fourth-order valence-corrected chi connectivity index (χ4v) is 2.24. The van der Waals surface area contributed by atoms with Crippen molar-refractivity contribution in [1.82, 2.24) is 15.0 Å². The zero-order valence-electron chi connectivity index (χ0n) is 13.1. The van der Waals surface area contributed by atoms with E-state index in [9.17, 15) is 9.90 Å². The highest BCUT2D eigenvalue weighted by atomic mass is 16.4. The molecule has 0 spiro atoms. The predicted octanol–water partition coefficient (Wildman–Crippen LogP) is 3.16. The van der Waals surface area contributed by atoms with Crippen LogP contribution in [-0.4, -0.2) is 26.0 Å². The van der Waals surface area contributed by atoms with Gasteiger partial charge in [0.1, 0.15) is 5.56 Å². The molecule has 24 heavy (non-hydrogen) atoms. The van der Waals surface area contributed by atoms with Crippen LogP contribution in [0.1, 0.15) is 21.5 Å². The van der Waals surface area contributed by atoms with E-state index in [-0.39, 0.29) is 5.56 Å². The summed E-state index contributed by atoms with van der Waals surface area (Å²) in [5.41, 5.74) is 3.29. The van der Waals surface area contributed by atoms with Crippen molar-refractivity contribution < 1.29 is 9.90 Å². The Labute approximate surface area is 139 Å². The number of aryl methyl sites for hydroxylation is 1. The van der Waals surface area contributed by atoms with Gasteiger partial charge in [0.25, 0.3) is 0 Å². The maximum atomic E-state index is 11.4. The largest absolute Gasteiger partial charge is 0.478 e. The van der Waals surface area contributed by atoms with Crippen LogP contribution in [0.4, 0.5) is 5.95 Å². The molecule has 6 heteroatoms. The van der Waals surface area contributed by atoms with E-state index < -0.39 is 5.97 Å². The number of benzene rings is 1. The number of carboxylic acids is 1. The van der Waals surface area contributed by atoms with Crippen LogP contribution in [0.3, 0.4) is 0 Å². The number of aromatic carboxylic acids is 1. The lowest BCUT2D eigenvalue weighted by atomic mass is 10.1. The zero-order valence-corrected chi connectivity index (χ0v) is 13.1. The van der Waals surface area contributed by atoms with Gasteiger partial charge in [-0.05, 0) is 18.6 Å². The van der Waals surface area contributed by atoms with Gasteiger partial charge in [0.05, 0.1) is 5.69 Å². The third-order valence-electron chi connectivity index (χ3n) is 3.52. The molecule has 3 rings (SSSR count). The summed E-state index contributed by atoms with van der Waals surface area (Å²) in [5.74, 6) is -0.677. The van der Waals surface area contributed by atoms with Crippen molar-refractivity contribution in [2.24, 2.45) is 0 Å². The number of rotatable bonds is 5. The van der Waals surface area contributed by atoms with Gasteiger partial charge < -0.3 is 10.4 Å². The van der Waals surface area contributed by atoms with E-state index >= 15 is 0 Å². The van der Waals surface area contributed by atoms with Crippen LogP contribution in [0.5, 0.6) is 0 Å². The molecular formula is C18H16N4O2. The Hall–Kier alpha value is -3.28. The molecule has 0 radical (unpaired) electrons. The first-order valence-corrected chi connectivity index (χ1v) is 7.43. The van der Waals surface area contributed by atoms with E-state index in [4.69, 9.17) is 0 Å². The topological polar surface area (TPSA) is 88.0 Å². The second kappa shape index (κ2) is 6.87. The lowest BCUT2D eigenvalue weighted by Crippen LogP contribution is -2.08. The summed E-state index contributed by atoms with van der Waals surface area (Å²) in [5, 5.41) is 12.5. The summed E-state index contributed by atoms with van der Waals surface area (Å²) < 4.78 is 0. The lowest BCUT2D eigenvalue weighted by Gasteiger charge is -2.09. The molecule has 0 saturated heterocycles. The number of hydrogen-bond donors (Lipinski definition) is 2. The molecule has 2 N–H and O–H groups in total. The number of hydrogen-bond acceptors (Lipinski definition) is 5. The van der Waals surface area contributed by atoms with Crippen LogP contribution in [0.25, 0.3) is 11.3 Å². The highest BCUT2D eigenvalue weighted by Crippen LogP contribution is 2.23. The van der Waals surface area contributed by atoms with Gasteiger partial charge in [-0.3, -0.25) is 4.98 Å². The molecule has 0 atom stereocenters. The monoisotopic (exact) mass is 320 g/mol. The smallest absolute Gasteiger partial charge is 0.339 e. The van der Waals surface area contributed by atoms with E-state index in [1.165, 1.54) is 6.20 Å². The minimum Gasteiger partial charge on any atom is -0.478 e. The number of pyridine rings is 1. The first-order valence-electron chi connectivity index (χ1n) is 7.43. The van der Waals surface area contributed by atoms with Gasteiger partial charge >= 0.3 is 5.97 Å². The average molecular weight is 320 g/mol. The summed E-state index contributed by atoms with van der Waals surface area (Å²) in [7, 11) is 0. The van der Waals surface area contributed by atoms with Crippen molar-refractivity contribution >= 4 is 11.9 Å². The Morgan fingerprint density at radius 1 is 1.17 bits per heavy atom. The van der Waals surface area contributed by atoms with Crippen molar-refractivity contribution in [2.75, 3.05) is 5.32 Å². The second-order valence-electron chi connectivity index (χ2n) is 5.34. The molecule has 0 aliphatic rings. The van der Waals surface area contributed by atoms with Gasteiger partial charge in [-0.2, -0.15) is 0 Å².